The number of para-hydroxylation sites is 1. The van der Waals surface area contributed by atoms with Crippen molar-refractivity contribution in [2.24, 2.45) is 0 Å². The normalized spacial score (nSPS) is 11.9. The topological polar surface area (TPSA) is 81.3 Å². The number of fused-ring (bicyclic) bond motifs is 1. The van der Waals surface area contributed by atoms with Gasteiger partial charge in [0.1, 0.15) is 11.5 Å². The number of benzene rings is 5. The lowest BCUT2D eigenvalue weighted by molar-refractivity contribution is 0.0950. The van der Waals surface area contributed by atoms with Gasteiger partial charge in [-0.3, -0.25) is 9.36 Å². The van der Waals surface area contributed by atoms with Crippen LogP contribution in [-0.2, 0) is 10.8 Å². The van der Waals surface area contributed by atoms with E-state index in [2.05, 4.69) is 65.1 Å². The molecule has 1 amide bonds. The Labute approximate surface area is 318 Å². The van der Waals surface area contributed by atoms with Gasteiger partial charge in [0.15, 0.2) is 5.82 Å². The number of carbonyl (C=O) groups excluding carboxylic acids is 1. The monoisotopic (exact) mass is 726 g/mol. The van der Waals surface area contributed by atoms with Gasteiger partial charge in [0.25, 0.3) is 5.91 Å². The fraction of sp³-hybridized carbons (Fsp3) is 0.311. The van der Waals surface area contributed by atoms with Gasteiger partial charge in [0, 0.05) is 28.4 Å². The minimum absolute atomic E-state index is 0.0177. The Morgan fingerprint density at radius 1 is 0.811 bits per heavy atom. The van der Waals surface area contributed by atoms with Crippen LogP contribution in [0.1, 0.15) is 88.7 Å². The predicted octanol–water partition coefficient (Wildman–Crippen LogP) is 10.9. The number of aromatic hydroxyl groups is 1. The van der Waals surface area contributed by atoms with Crippen molar-refractivity contribution in [3.63, 3.8) is 0 Å². The first-order chi connectivity index (χ1) is 25.5. The van der Waals surface area contributed by atoms with E-state index in [0.29, 0.717) is 41.2 Å². The first-order valence-electron chi connectivity index (χ1n) is 18.6. The van der Waals surface area contributed by atoms with E-state index in [1.807, 2.05) is 89.5 Å². The fourth-order valence-corrected chi connectivity index (χ4v) is 6.83. The maximum absolute atomic E-state index is 13.8. The van der Waals surface area contributed by atoms with E-state index in [4.69, 9.17) is 22.1 Å². The quantitative estimate of drug-likeness (QED) is 0.0863. The molecule has 6 aromatic rings. The van der Waals surface area contributed by atoms with E-state index in [9.17, 15) is 9.90 Å². The number of nitrogens with zero attached hydrogens (tertiary/aromatic N) is 3. The second kappa shape index (κ2) is 15.8. The van der Waals surface area contributed by atoms with E-state index in [-0.39, 0.29) is 28.1 Å². The Balaban J connectivity index is 1.23. The van der Waals surface area contributed by atoms with E-state index < -0.39 is 0 Å². The lowest BCUT2D eigenvalue weighted by atomic mass is 9.76. The summed E-state index contributed by atoms with van der Waals surface area (Å²) in [5, 5.41) is 20.8. The molecule has 0 saturated heterocycles. The molecule has 0 radical (unpaired) electrons. The lowest BCUT2D eigenvalue weighted by Crippen LogP contribution is -2.25. The molecule has 0 bridgehead atoms. The smallest absolute Gasteiger partial charge is 0.255 e. The predicted molar refractivity (Wildman–Crippen MR) is 218 cm³/mol. The lowest BCUT2D eigenvalue weighted by Gasteiger charge is -2.30. The van der Waals surface area contributed by atoms with Crippen molar-refractivity contribution in [2.45, 2.75) is 78.1 Å². The Bertz CT molecular complexity index is 2270. The average molecular weight is 727 g/mol. The van der Waals surface area contributed by atoms with Crippen LogP contribution in [0.3, 0.4) is 0 Å². The number of amides is 1. The highest BCUT2D eigenvalue weighted by atomic mass is 32.1. The van der Waals surface area contributed by atoms with Gasteiger partial charge < -0.3 is 15.2 Å². The number of phenols is 1. The molecule has 0 aliphatic rings. The van der Waals surface area contributed by atoms with Crippen LogP contribution in [0.5, 0.6) is 11.5 Å². The average Bonchev–Trinajstić information content (AvgIpc) is 3.53. The van der Waals surface area contributed by atoms with E-state index >= 15 is 0 Å². The molecule has 274 valence electrons. The molecule has 6 rings (SSSR count). The molecule has 0 aliphatic heterocycles. The molecule has 2 N–H and O–H groups in total. The summed E-state index contributed by atoms with van der Waals surface area (Å²) in [5.41, 5.74) is 5.15. The largest absolute Gasteiger partial charge is 0.506 e. The highest BCUT2D eigenvalue weighted by Gasteiger charge is 2.27. The fourth-order valence-electron chi connectivity index (χ4n) is 6.50. The number of carbonyl (C=O) groups is 1. The van der Waals surface area contributed by atoms with Crippen LogP contribution < -0.4 is 10.1 Å². The number of unbranched alkanes of at least 4 members (excludes halogenated alkanes) is 1. The van der Waals surface area contributed by atoms with Crippen LogP contribution in [-0.4, -0.2) is 38.5 Å². The first-order valence-corrected chi connectivity index (χ1v) is 19.0. The molecule has 0 fully saturated rings. The Morgan fingerprint density at radius 3 is 2.13 bits per heavy atom. The summed E-state index contributed by atoms with van der Waals surface area (Å²) in [6.45, 7) is 14.5. The van der Waals surface area contributed by atoms with Crippen LogP contribution in [0.25, 0.3) is 33.5 Å². The zero-order chi connectivity index (χ0) is 37.8. The third-order valence-corrected chi connectivity index (χ3v) is 11.0. The highest BCUT2D eigenvalue weighted by molar-refractivity contribution is 7.71. The van der Waals surface area contributed by atoms with Crippen LogP contribution >= 0.6 is 12.2 Å². The molecule has 0 unspecified atom stereocenters. The van der Waals surface area contributed by atoms with E-state index in [0.717, 1.165) is 41.6 Å². The molecule has 0 aliphatic carbocycles. The van der Waals surface area contributed by atoms with Gasteiger partial charge in [-0.15, -0.1) is 5.10 Å². The molecule has 5 aromatic carbocycles. The first kappa shape index (κ1) is 37.5. The van der Waals surface area contributed by atoms with Crippen molar-refractivity contribution >= 4 is 28.9 Å². The number of aromatic nitrogens is 3. The van der Waals surface area contributed by atoms with Gasteiger partial charge in [0.2, 0.25) is 4.77 Å². The van der Waals surface area contributed by atoms with Crippen LogP contribution in [0, 0.1) is 4.77 Å². The second-order valence-electron chi connectivity index (χ2n) is 14.9. The molecule has 8 heteroatoms. The van der Waals surface area contributed by atoms with Gasteiger partial charge in [-0.2, -0.15) is 0 Å². The third-order valence-electron chi connectivity index (χ3n) is 10.7. The van der Waals surface area contributed by atoms with Crippen molar-refractivity contribution in [3.8, 4) is 34.3 Å². The number of hydrogen-bond acceptors (Lipinski definition) is 5. The molecule has 1 aromatic heterocycles. The Morgan fingerprint density at radius 2 is 1.45 bits per heavy atom. The zero-order valence-electron chi connectivity index (χ0n) is 31.6. The standard InChI is InChI=1S/C45H50N4O3S/c1-7-44(3,4)32-25-26-39(37(29-32)45(5,6)8-2)52-28-18-17-27-46-42(51)36-30-38(34-23-15-16-24-35(34)40(36)50)48-41(31-19-11-9-12-20-31)47-49(43(48)53)33-21-13-10-14-22-33/h9-16,19-26,29-30,50H,7-8,17-18,27-28H2,1-6H3,(H,46,51). The Kier molecular flexibility index (Phi) is 11.2. The van der Waals surface area contributed by atoms with Gasteiger partial charge in [-0.05, 0) is 78.6 Å². The second-order valence-corrected chi connectivity index (χ2v) is 15.3. The van der Waals surface area contributed by atoms with Crippen molar-refractivity contribution in [3.05, 3.63) is 131 Å². The minimum Gasteiger partial charge on any atom is -0.506 e. The molecule has 53 heavy (non-hydrogen) atoms. The highest BCUT2D eigenvalue weighted by Crippen LogP contribution is 2.39. The summed E-state index contributed by atoms with van der Waals surface area (Å²) in [6.07, 6.45) is 3.54. The molecular formula is C45H50N4O3S. The van der Waals surface area contributed by atoms with Gasteiger partial charge in [0.05, 0.1) is 23.5 Å². The van der Waals surface area contributed by atoms with Gasteiger partial charge in [-0.25, -0.2) is 4.68 Å². The number of hydrogen-bond donors (Lipinski definition) is 2. The number of nitrogens with one attached hydrogen (secondary N) is 1. The van der Waals surface area contributed by atoms with Gasteiger partial charge >= 0.3 is 0 Å². The van der Waals surface area contributed by atoms with E-state index in [1.165, 1.54) is 11.1 Å². The summed E-state index contributed by atoms with van der Waals surface area (Å²) in [7, 11) is 0. The summed E-state index contributed by atoms with van der Waals surface area (Å²) in [4.78, 5) is 13.8. The van der Waals surface area contributed by atoms with Crippen molar-refractivity contribution in [1.29, 1.82) is 0 Å². The number of phenolic OH excluding ortho intramolecular Hbond substituents is 1. The number of ether oxygens (including phenoxy) is 1. The van der Waals surface area contributed by atoms with Crippen molar-refractivity contribution < 1.29 is 14.6 Å². The third kappa shape index (κ3) is 7.79. The van der Waals surface area contributed by atoms with E-state index in [1.54, 1.807) is 10.7 Å². The zero-order valence-corrected chi connectivity index (χ0v) is 32.5. The molecular weight excluding hydrogens is 677 g/mol. The summed E-state index contributed by atoms with van der Waals surface area (Å²) in [6, 6.07) is 35.4. The maximum Gasteiger partial charge on any atom is 0.255 e. The van der Waals surface area contributed by atoms with Crippen LogP contribution in [0.2, 0.25) is 0 Å². The molecule has 0 spiro atoms. The molecule has 7 nitrogen and oxygen atoms in total. The maximum atomic E-state index is 13.8. The summed E-state index contributed by atoms with van der Waals surface area (Å²) < 4.78 is 10.4. The minimum atomic E-state index is -0.361. The summed E-state index contributed by atoms with van der Waals surface area (Å²) >= 11 is 6.08. The summed E-state index contributed by atoms with van der Waals surface area (Å²) in [5.74, 6) is 1.11. The van der Waals surface area contributed by atoms with Crippen molar-refractivity contribution in [1.82, 2.24) is 19.7 Å². The van der Waals surface area contributed by atoms with Gasteiger partial charge in [-0.1, -0.05) is 126 Å². The SMILES string of the molecule is CCC(C)(C)c1ccc(OCCCCNC(=O)c2cc(-n3c(-c4ccccc4)nn(-c4ccccc4)c3=S)c3ccccc3c2O)c(C(C)(C)CC)c1. The number of rotatable bonds is 14. The molecule has 0 atom stereocenters. The molecule has 0 saturated carbocycles. The molecule has 1 heterocycles. The van der Waals surface area contributed by atoms with Crippen LogP contribution in [0.4, 0.5) is 0 Å². The van der Waals surface area contributed by atoms with Crippen LogP contribution in [0.15, 0.2) is 109 Å². The Hall–Kier alpha value is -5.21. The van der Waals surface area contributed by atoms with Crippen molar-refractivity contribution in [2.75, 3.05) is 13.2 Å².